The second-order valence-corrected chi connectivity index (χ2v) is 6.42. The average molecular weight is 273 g/mol. The summed E-state index contributed by atoms with van der Waals surface area (Å²) in [7, 11) is 0. The Bertz CT molecular complexity index is 473. The van der Waals surface area contributed by atoms with Crippen LogP contribution in [0.5, 0.6) is 0 Å². The number of aliphatic hydroxyl groups is 1. The highest BCUT2D eigenvalue weighted by molar-refractivity contribution is 5.89. The van der Waals surface area contributed by atoms with Gasteiger partial charge in [-0.3, -0.25) is 4.79 Å². The fourth-order valence-corrected chi connectivity index (χ4v) is 3.56. The third-order valence-electron chi connectivity index (χ3n) is 5.08. The number of carbonyl (C=O) groups excluding carboxylic acids is 1. The second kappa shape index (κ2) is 5.21. The van der Waals surface area contributed by atoms with E-state index in [9.17, 15) is 9.90 Å². The lowest BCUT2D eigenvalue weighted by Crippen LogP contribution is -2.52. The Hall–Kier alpha value is -1.35. The fraction of sp³-hybridized carbons (Fsp3) is 0.588. The van der Waals surface area contributed by atoms with Crippen LogP contribution in [0.15, 0.2) is 30.3 Å². The molecule has 0 spiro atoms. The predicted octanol–water partition coefficient (Wildman–Crippen LogP) is 2.53. The van der Waals surface area contributed by atoms with Crippen LogP contribution in [0.2, 0.25) is 0 Å². The molecule has 0 saturated heterocycles. The lowest BCUT2D eigenvalue weighted by molar-refractivity contribution is -0.131. The molecule has 2 saturated carbocycles. The van der Waals surface area contributed by atoms with Gasteiger partial charge in [0.15, 0.2) is 0 Å². The van der Waals surface area contributed by atoms with Gasteiger partial charge in [0.25, 0.3) is 0 Å². The summed E-state index contributed by atoms with van der Waals surface area (Å²) in [6.07, 6.45) is 6.69. The molecule has 0 radical (unpaired) electrons. The minimum Gasteiger partial charge on any atom is -0.388 e. The van der Waals surface area contributed by atoms with Crippen molar-refractivity contribution in [1.29, 1.82) is 0 Å². The van der Waals surface area contributed by atoms with Crippen molar-refractivity contribution in [2.45, 2.75) is 56.0 Å². The fourth-order valence-electron chi connectivity index (χ4n) is 3.56. The van der Waals surface area contributed by atoms with E-state index in [1.807, 2.05) is 30.3 Å². The third kappa shape index (κ3) is 2.35. The Labute approximate surface area is 120 Å². The highest BCUT2D eigenvalue weighted by Crippen LogP contribution is 2.44. The summed E-state index contributed by atoms with van der Waals surface area (Å²) in [6.45, 7) is 0.403. The maximum atomic E-state index is 12.6. The zero-order valence-electron chi connectivity index (χ0n) is 11.9. The third-order valence-corrected chi connectivity index (χ3v) is 5.08. The van der Waals surface area contributed by atoms with Crippen LogP contribution in [0.3, 0.4) is 0 Å². The van der Waals surface area contributed by atoms with Crippen molar-refractivity contribution >= 4 is 5.91 Å². The van der Waals surface area contributed by atoms with Gasteiger partial charge in [-0.2, -0.15) is 0 Å². The highest BCUT2D eigenvalue weighted by atomic mass is 16.3. The van der Waals surface area contributed by atoms with Crippen molar-refractivity contribution in [1.82, 2.24) is 5.32 Å². The van der Waals surface area contributed by atoms with Crippen LogP contribution >= 0.6 is 0 Å². The standard InChI is InChI=1S/C17H23NO2/c19-15(18-13-16(20)9-4-5-10-16)17(11-6-12-17)14-7-2-1-3-8-14/h1-3,7-8,20H,4-6,9-13H2,(H,18,19). The maximum absolute atomic E-state index is 12.6. The number of carbonyl (C=O) groups is 1. The molecular formula is C17H23NO2. The monoisotopic (exact) mass is 273 g/mol. The quantitative estimate of drug-likeness (QED) is 0.885. The van der Waals surface area contributed by atoms with Gasteiger partial charge in [-0.25, -0.2) is 0 Å². The first kappa shape index (κ1) is 13.6. The molecule has 2 fully saturated rings. The van der Waals surface area contributed by atoms with E-state index in [0.29, 0.717) is 6.54 Å². The Morgan fingerprint density at radius 1 is 1.05 bits per heavy atom. The summed E-state index contributed by atoms with van der Waals surface area (Å²) < 4.78 is 0. The SMILES string of the molecule is O=C(NCC1(O)CCCC1)C1(c2ccccc2)CCC1. The zero-order chi connectivity index (χ0) is 14.1. The lowest BCUT2D eigenvalue weighted by Gasteiger charge is -2.41. The summed E-state index contributed by atoms with van der Waals surface area (Å²) >= 11 is 0. The van der Waals surface area contributed by atoms with Crippen molar-refractivity contribution < 1.29 is 9.90 Å². The van der Waals surface area contributed by atoms with Crippen molar-refractivity contribution in [3.8, 4) is 0 Å². The molecule has 20 heavy (non-hydrogen) atoms. The minimum atomic E-state index is -0.669. The normalized spacial score (nSPS) is 23.1. The van der Waals surface area contributed by atoms with Crippen molar-refractivity contribution in [2.24, 2.45) is 0 Å². The van der Waals surface area contributed by atoms with Gasteiger partial charge in [-0.1, -0.05) is 49.6 Å². The van der Waals surface area contributed by atoms with Crippen LogP contribution in [0, 0.1) is 0 Å². The summed E-state index contributed by atoms with van der Waals surface area (Å²) in [5.74, 6) is 0.0928. The molecule has 2 aliphatic rings. The zero-order valence-corrected chi connectivity index (χ0v) is 11.9. The Morgan fingerprint density at radius 2 is 1.70 bits per heavy atom. The van der Waals surface area contributed by atoms with E-state index in [4.69, 9.17) is 0 Å². The molecule has 0 heterocycles. The Balaban J connectivity index is 1.69. The topological polar surface area (TPSA) is 49.3 Å². The first-order valence-electron chi connectivity index (χ1n) is 7.71. The summed E-state index contributed by atoms with van der Waals surface area (Å²) in [6, 6.07) is 10.1. The number of rotatable bonds is 4. The molecule has 0 atom stereocenters. The molecule has 2 N–H and O–H groups in total. The molecule has 1 amide bonds. The molecule has 1 aromatic carbocycles. The molecule has 108 valence electrons. The van der Waals surface area contributed by atoms with E-state index in [2.05, 4.69) is 5.32 Å². The molecule has 1 aromatic rings. The van der Waals surface area contributed by atoms with E-state index in [-0.39, 0.29) is 11.3 Å². The Morgan fingerprint density at radius 3 is 2.25 bits per heavy atom. The summed E-state index contributed by atoms with van der Waals surface area (Å²) in [4.78, 5) is 12.6. The number of hydrogen-bond acceptors (Lipinski definition) is 2. The van der Waals surface area contributed by atoms with Crippen molar-refractivity contribution in [2.75, 3.05) is 6.54 Å². The summed E-state index contributed by atoms with van der Waals surface area (Å²) in [5.41, 5.74) is 0.0928. The number of nitrogens with one attached hydrogen (secondary N) is 1. The van der Waals surface area contributed by atoms with Crippen LogP contribution in [0.1, 0.15) is 50.5 Å². The number of amides is 1. The molecule has 0 aromatic heterocycles. The van der Waals surface area contributed by atoms with Crippen LogP contribution in [-0.4, -0.2) is 23.2 Å². The first-order chi connectivity index (χ1) is 9.65. The molecular weight excluding hydrogens is 250 g/mol. The molecule has 3 heteroatoms. The summed E-state index contributed by atoms with van der Waals surface area (Å²) in [5, 5.41) is 13.4. The van der Waals surface area contributed by atoms with E-state index in [1.165, 1.54) is 0 Å². The minimum absolute atomic E-state index is 0.0928. The van der Waals surface area contributed by atoms with Crippen molar-refractivity contribution in [3.05, 3.63) is 35.9 Å². The molecule has 0 unspecified atom stereocenters. The molecule has 2 aliphatic carbocycles. The predicted molar refractivity (Wildman–Crippen MR) is 78.4 cm³/mol. The van der Waals surface area contributed by atoms with E-state index in [1.54, 1.807) is 0 Å². The van der Waals surface area contributed by atoms with Crippen LogP contribution in [-0.2, 0) is 10.2 Å². The van der Waals surface area contributed by atoms with Gasteiger partial charge in [0.1, 0.15) is 0 Å². The van der Waals surface area contributed by atoms with Crippen LogP contribution in [0.4, 0.5) is 0 Å². The van der Waals surface area contributed by atoms with E-state index < -0.39 is 5.60 Å². The van der Waals surface area contributed by atoms with Crippen molar-refractivity contribution in [3.63, 3.8) is 0 Å². The molecule has 3 rings (SSSR count). The van der Waals surface area contributed by atoms with E-state index >= 15 is 0 Å². The van der Waals surface area contributed by atoms with Gasteiger partial charge in [-0.15, -0.1) is 0 Å². The van der Waals surface area contributed by atoms with E-state index in [0.717, 1.165) is 50.5 Å². The number of benzene rings is 1. The largest absolute Gasteiger partial charge is 0.388 e. The maximum Gasteiger partial charge on any atom is 0.230 e. The van der Waals surface area contributed by atoms with Gasteiger partial charge in [0, 0.05) is 6.54 Å². The number of hydrogen-bond donors (Lipinski definition) is 2. The molecule has 0 aliphatic heterocycles. The van der Waals surface area contributed by atoms with Gasteiger partial charge in [-0.05, 0) is 31.2 Å². The van der Waals surface area contributed by atoms with Gasteiger partial charge < -0.3 is 10.4 Å². The second-order valence-electron chi connectivity index (χ2n) is 6.42. The smallest absolute Gasteiger partial charge is 0.230 e. The van der Waals surface area contributed by atoms with Crippen LogP contribution in [0.25, 0.3) is 0 Å². The van der Waals surface area contributed by atoms with Gasteiger partial charge >= 0.3 is 0 Å². The molecule has 3 nitrogen and oxygen atoms in total. The highest BCUT2D eigenvalue weighted by Gasteiger charge is 2.46. The van der Waals surface area contributed by atoms with Gasteiger partial charge in [0.2, 0.25) is 5.91 Å². The molecule has 0 bridgehead atoms. The average Bonchev–Trinajstić information content (AvgIpc) is 2.84. The first-order valence-corrected chi connectivity index (χ1v) is 7.71. The lowest BCUT2D eigenvalue weighted by atomic mass is 9.64. The van der Waals surface area contributed by atoms with Crippen LogP contribution < -0.4 is 5.32 Å². The Kier molecular flexibility index (Phi) is 3.55. The van der Waals surface area contributed by atoms with Gasteiger partial charge in [0.05, 0.1) is 11.0 Å².